The lowest BCUT2D eigenvalue weighted by molar-refractivity contribution is -0.121. The first-order chi connectivity index (χ1) is 7.61. The third kappa shape index (κ3) is 2.65. The summed E-state index contributed by atoms with van der Waals surface area (Å²) in [6, 6.07) is 0. The van der Waals surface area contributed by atoms with Crippen molar-refractivity contribution in [3.8, 4) is 0 Å². The zero-order chi connectivity index (χ0) is 11.6. The molecule has 1 heterocycles. The second-order valence-electron chi connectivity index (χ2n) is 5.87. The lowest BCUT2D eigenvalue weighted by atomic mass is 9.77. The van der Waals surface area contributed by atoms with E-state index in [4.69, 9.17) is 4.74 Å². The van der Waals surface area contributed by atoms with E-state index in [0.29, 0.717) is 17.6 Å². The van der Waals surface area contributed by atoms with Crippen LogP contribution in [0.2, 0.25) is 0 Å². The molecule has 2 fully saturated rings. The lowest BCUT2D eigenvalue weighted by Crippen LogP contribution is -2.39. The maximum atomic E-state index is 11.2. The Balaban J connectivity index is 1.93. The minimum Gasteiger partial charge on any atom is -0.375 e. The number of hydrogen-bond acceptors (Lipinski definition) is 2. The van der Waals surface area contributed by atoms with Gasteiger partial charge >= 0.3 is 0 Å². The van der Waals surface area contributed by atoms with Crippen LogP contribution < -0.4 is 0 Å². The van der Waals surface area contributed by atoms with Crippen LogP contribution in [0.1, 0.15) is 58.8 Å². The van der Waals surface area contributed by atoms with Crippen molar-refractivity contribution in [2.75, 3.05) is 6.61 Å². The smallest absolute Gasteiger partial charge is 0.130 e. The van der Waals surface area contributed by atoms with E-state index in [1.807, 2.05) is 0 Å². The van der Waals surface area contributed by atoms with E-state index in [2.05, 4.69) is 6.92 Å². The molecule has 0 aromatic heterocycles. The predicted molar refractivity (Wildman–Crippen MR) is 64.3 cm³/mol. The monoisotopic (exact) mass is 224 g/mol. The first-order valence-electron chi connectivity index (χ1n) is 6.75. The molecule has 1 spiro atoms. The van der Waals surface area contributed by atoms with Gasteiger partial charge in [-0.25, -0.2) is 0 Å². The van der Waals surface area contributed by atoms with Crippen molar-refractivity contribution >= 4 is 5.78 Å². The summed E-state index contributed by atoms with van der Waals surface area (Å²) >= 11 is 0. The Hall–Kier alpha value is -0.370. The van der Waals surface area contributed by atoms with E-state index in [9.17, 15) is 4.79 Å². The van der Waals surface area contributed by atoms with Crippen LogP contribution in [0.5, 0.6) is 0 Å². The van der Waals surface area contributed by atoms with E-state index in [1.165, 1.54) is 32.1 Å². The standard InChI is InChI=1S/C14H24O2/c1-11(9-12(2)15)13-5-8-16-14(10-13)6-3-4-7-14/h11,13H,3-10H2,1-2H3. The molecule has 2 nitrogen and oxygen atoms in total. The summed E-state index contributed by atoms with van der Waals surface area (Å²) in [5, 5.41) is 0. The van der Waals surface area contributed by atoms with Gasteiger partial charge in [-0.2, -0.15) is 0 Å². The van der Waals surface area contributed by atoms with Crippen molar-refractivity contribution in [1.29, 1.82) is 0 Å². The summed E-state index contributed by atoms with van der Waals surface area (Å²) in [6.45, 7) is 4.86. The SMILES string of the molecule is CC(=O)CC(C)C1CCOC2(CCCC2)C1. The second-order valence-corrected chi connectivity index (χ2v) is 5.87. The number of rotatable bonds is 3. The minimum atomic E-state index is 0.202. The van der Waals surface area contributed by atoms with E-state index >= 15 is 0 Å². The number of carbonyl (C=O) groups excluding carboxylic acids is 1. The molecule has 0 aromatic carbocycles. The Kier molecular flexibility index (Phi) is 3.68. The summed E-state index contributed by atoms with van der Waals surface area (Å²) in [5.41, 5.74) is 0.202. The Bertz CT molecular complexity index is 253. The van der Waals surface area contributed by atoms with Crippen LogP contribution in [-0.2, 0) is 9.53 Å². The molecule has 2 heteroatoms. The minimum absolute atomic E-state index is 0.202. The molecule has 1 aliphatic heterocycles. The van der Waals surface area contributed by atoms with Gasteiger partial charge in [0.15, 0.2) is 0 Å². The maximum absolute atomic E-state index is 11.2. The zero-order valence-corrected chi connectivity index (χ0v) is 10.6. The van der Waals surface area contributed by atoms with Crippen LogP contribution in [0.25, 0.3) is 0 Å². The molecule has 92 valence electrons. The highest BCUT2D eigenvalue weighted by atomic mass is 16.5. The second kappa shape index (κ2) is 4.87. The van der Waals surface area contributed by atoms with Crippen LogP contribution in [0, 0.1) is 11.8 Å². The summed E-state index contributed by atoms with van der Waals surface area (Å²) in [7, 11) is 0. The third-order valence-electron chi connectivity index (χ3n) is 4.46. The largest absolute Gasteiger partial charge is 0.375 e. The van der Waals surface area contributed by atoms with Gasteiger partial charge in [-0.1, -0.05) is 19.8 Å². The van der Waals surface area contributed by atoms with Crippen LogP contribution >= 0.6 is 0 Å². The molecule has 2 rings (SSSR count). The van der Waals surface area contributed by atoms with Crippen LogP contribution in [0.15, 0.2) is 0 Å². The first kappa shape index (κ1) is 12.1. The molecular formula is C14H24O2. The lowest BCUT2D eigenvalue weighted by Gasteiger charge is -2.40. The van der Waals surface area contributed by atoms with Crippen molar-refractivity contribution in [1.82, 2.24) is 0 Å². The fraction of sp³-hybridized carbons (Fsp3) is 0.929. The number of Topliss-reactive ketones (excluding diaryl/α,β-unsaturated/α-hetero) is 1. The summed E-state index contributed by atoms with van der Waals surface area (Å²) in [5.74, 6) is 1.58. The highest BCUT2D eigenvalue weighted by Gasteiger charge is 2.41. The van der Waals surface area contributed by atoms with Crippen molar-refractivity contribution in [3.63, 3.8) is 0 Å². The van der Waals surface area contributed by atoms with E-state index in [-0.39, 0.29) is 5.60 Å². The number of hydrogen-bond donors (Lipinski definition) is 0. The molecule has 0 radical (unpaired) electrons. The van der Waals surface area contributed by atoms with Gasteiger partial charge in [0.2, 0.25) is 0 Å². The number of ketones is 1. The Labute approximate surface area is 98.7 Å². The summed E-state index contributed by atoms with van der Waals surface area (Å²) in [6.07, 6.45) is 8.24. The van der Waals surface area contributed by atoms with Gasteiger partial charge in [0, 0.05) is 13.0 Å². The molecule has 1 saturated heterocycles. The van der Waals surface area contributed by atoms with Gasteiger partial charge in [-0.05, 0) is 44.4 Å². The molecule has 0 aromatic rings. The van der Waals surface area contributed by atoms with Gasteiger partial charge in [0.05, 0.1) is 5.60 Å². The quantitative estimate of drug-likeness (QED) is 0.735. The molecule has 2 unspecified atom stereocenters. The zero-order valence-electron chi connectivity index (χ0n) is 10.6. The van der Waals surface area contributed by atoms with Gasteiger partial charge in [0.25, 0.3) is 0 Å². The Morgan fingerprint density at radius 1 is 1.44 bits per heavy atom. The molecule has 1 saturated carbocycles. The van der Waals surface area contributed by atoms with E-state index < -0.39 is 0 Å². The molecular weight excluding hydrogens is 200 g/mol. The molecule has 0 N–H and O–H groups in total. The fourth-order valence-corrected chi connectivity index (χ4v) is 3.54. The summed E-state index contributed by atoms with van der Waals surface area (Å²) < 4.78 is 6.03. The van der Waals surface area contributed by atoms with Crippen LogP contribution in [-0.4, -0.2) is 18.0 Å². The maximum Gasteiger partial charge on any atom is 0.130 e. The van der Waals surface area contributed by atoms with Crippen molar-refractivity contribution in [2.45, 2.75) is 64.4 Å². The first-order valence-corrected chi connectivity index (χ1v) is 6.75. The predicted octanol–water partition coefficient (Wildman–Crippen LogP) is 3.34. The van der Waals surface area contributed by atoms with Crippen molar-refractivity contribution in [3.05, 3.63) is 0 Å². The molecule has 0 bridgehead atoms. The van der Waals surface area contributed by atoms with Crippen molar-refractivity contribution < 1.29 is 9.53 Å². The number of carbonyl (C=O) groups is 1. The average molecular weight is 224 g/mol. The van der Waals surface area contributed by atoms with Crippen LogP contribution in [0.4, 0.5) is 0 Å². The highest BCUT2D eigenvalue weighted by Crippen LogP contribution is 2.44. The van der Waals surface area contributed by atoms with E-state index in [0.717, 1.165) is 19.4 Å². The molecule has 2 atom stereocenters. The van der Waals surface area contributed by atoms with Crippen LogP contribution in [0.3, 0.4) is 0 Å². The van der Waals surface area contributed by atoms with Crippen molar-refractivity contribution in [2.24, 2.45) is 11.8 Å². The topological polar surface area (TPSA) is 26.3 Å². The molecule has 1 aliphatic carbocycles. The average Bonchev–Trinajstić information content (AvgIpc) is 2.65. The summed E-state index contributed by atoms with van der Waals surface area (Å²) in [4.78, 5) is 11.2. The third-order valence-corrected chi connectivity index (χ3v) is 4.46. The Morgan fingerprint density at radius 2 is 2.12 bits per heavy atom. The molecule has 0 amide bonds. The van der Waals surface area contributed by atoms with Gasteiger partial charge in [0.1, 0.15) is 5.78 Å². The Morgan fingerprint density at radius 3 is 2.75 bits per heavy atom. The van der Waals surface area contributed by atoms with E-state index in [1.54, 1.807) is 6.92 Å². The molecule has 2 aliphatic rings. The van der Waals surface area contributed by atoms with Gasteiger partial charge in [-0.15, -0.1) is 0 Å². The number of ether oxygens (including phenoxy) is 1. The van der Waals surface area contributed by atoms with Gasteiger partial charge < -0.3 is 9.53 Å². The fourth-order valence-electron chi connectivity index (χ4n) is 3.54. The highest BCUT2D eigenvalue weighted by molar-refractivity contribution is 5.75. The van der Waals surface area contributed by atoms with Gasteiger partial charge in [-0.3, -0.25) is 0 Å². The normalized spacial score (nSPS) is 30.5. The molecule has 16 heavy (non-hydrogen) atoms.